The van der Waals surface area contributed by atoms with Crippen LogP contribution >= 0.6 is 11.6 Å². The van der Waals surface area contributed by atoms with Crippen molar-refractivity contribution in [2.24, 2.45) is 0 Å². The number of benzene rings is 1. The molecule has 0 aliphatic carbocycles. The average Bonchev–Trinajstić information content (AvgIpc) is 2.60. The van der Waals surface area contributed by atoms with Crippen molar-refractivity contribution in [2.75, 3.05) is 39.6 Å². The van der Waals surface area contributed by atoms with Crippen molar-refractivity contribution in [3.05, 3.63) is 40.2 Å². The number of methoxy groups -OCH3 is 1. The molecule has 0 spiro atoms. The topological polar surface area (TPSA) is 79.4 Å². The summed E-state index contributed by atoms with van der Waals surface area (Å²) >= 11 is 6.14. The van der Waals surface area contributed by atoms with E-state index in [0.717, 1.165) is 18.5 Å². The molecule has 27 heavy (non-hydrogen) atoms. The van der Waals surface area contributed by atoms with E-state index in [1.165, 1.54) is 0 Å². The van der Waals surface area contributed by atoms with Crippen molar-refractivity contribution in [2.45, 2.75) is 20.3 Å². The minimum atomic E-state index is -0.221. The second kappa shape index (κ2) is 9.53. The van der Waals surface area contributed by atoms with Crippen LogP contribution in [0, 0.1) is 13.8 Å². The number of ether oxygens (including phenoxy) is 1. The molecule has 0 saturated heterocycles. The predicted octanol–water partition coefficient (Wildman–Crippen LogP) is 3.18. The van der Waals surface area contributed by atoms with Crippen molar-refractivity contribution in [3.8, 4) is 5.75 Å². The normalized spacial score (nSPS) is 10.8. The maximum atomic E-state index is 12.4. The summed E-state index contributed by atoms with van der Waals surface area (Å²) in [5, 5.41) is 6.61. The number of hydrogen-bond donors (Lipinski definition) is 2. The van der Waals surface area contributed by atoms with Crippen LogP contribution < -0.4 is 15.4 Å². The van der Waals surface area contributed by atoms with E-state index in [1.807, 2.05) is 34.0 Å². The van der Waals surface area contributed by atoms with E-state index in [0.29, 0.717) is 40.3 Å². The third-order valence-electron chi connectivity index (χ3n) is 3.88. The van der Waals surface area contributed by atoms with Gasteiger partial charge in [-0.3, -0.25) is 4.79 Å². The Morgan fingerprint density at radius 3 is 2.63 bits per heavy atom. The molecule has 0 saturated carbocycles. The van der Waals surface area contributed by atoms with Gasteiger partial charge in [0.2, 0.25) is 5.95 Å². The largest absolute Gasteiger partial charge is 0.495 e. The Bertz CT molecular complexity index is 811. The van der Waals surface area contributed by atoms with E-state index < -0.39 is 0 Å². The smallest absolute Gasteiger partial charge is 0.270 e. The fourth-order valence-electron chi connectivity index (χ4n) is 2.48. The quantitative estimate of drug-likeness (QED) is 0.673. The third-order valence-corrected chi connectivity index (χ3v) is 4.29. The Morgan fingerprint density at radius 1 is 1.22 bits per heavy atom. The van der Waals surface area contributed by atoms with Crippen LogP contribution in [0.3, 0.4) is 0 Å². The lowest BCUT2D eigenvalue weighted by Gasteiger charge is -2.13. The van der Waals surface area contributed by atoms with Crippen molar-refractivity contribution in [3.63, 3.8) is 0 Å². The summed E-state index contributed by atoms with van der Waals surface area (Å²) in [6, 6.07) is 5.25. The summed E-state index contributed by atoms with van der Waals surface area (Å²) in [6.45, 7) is 5.22. The lowest BCUT2D eigenvalue weighted by atomic mass is 10.2. The van der Waals surface area contributed by atoms with Crippen LogP contribution in [-0.2, 0) is 0 Å². The zero-order valence-corrected chi connectivity index (χ0v) is 17.1. The highest BCUT2D eigenvalue weighted by Gasteiger charge is 2.13. The number of carbonyl (C=O) groups excluding carboxylic acids is 1. The molecule has 1 heterocycles. The summed E-state index contributed by atoms with van der Waals surface area (Å²) in [6.07, 6.45) is 0.870. The number of hydrogen-bond acceptors (Lipinski definition) is 6. The minimum absolute atomic E-state index is 0.221. The molecule has 7 nitrogen and oxygen atoms in total. The molecule has 0 atom stereocenters. The summed E-state index contributed by atoms with van der Waals surface area (Å²) in [7, 11) is 5.57. The zero-order chi connectivity index (χ0) is 20.0. The van der Waals surface area contributed by atoms with Gasteiger partial charge in [-0.2, -0.15) is 0 Å². The third kappa shape index (κ3) is 6.08. The van der Waals surface area contributed by atoms with E-state index in [9.17, 15) is 4.79 Å². The van der Waals surface area contributed by atoms with Crippen LogP contribution in [0.1, 0.15) is 28.2 Å². The molecule has 0 aliphatic rings. The predicted molar refractivity (Wildman–Crippen MR) is 108 cm³/mol. The molecule has 2 rings (SSSR count). The molecule has 0 radical (unpaired) electrons. The highest BCUT2D eigenvalue weighted by Crippen LogP contribution is 2.32. The fourth-order valence-corrected chi connectivity index (χ4v) is 2.63. The van der Waals surface area contributed by atoms with Crippen LogP contribution in [0.15, 0.2) is 18.2 Å². The summed E-state index contributed by atoms with van der Waals surface area (Å²) < 4.78 is 5.36. The number of anilines is 2. The molecule has 2 aromatic rings. The van der Waals surface area contributed by atoms with Gasteiger partial charge in [-0.15, -0.1) is 0 Å². The van der Waals surface area contributed by atoms with Gasteiger partial charge in [0, 0.05) is 23.3 Å². The summed E-state index contributed by atoms with van der Waals surface area (Å²) in [5.74, 6) is 0.681. The molecular weight excluding hydrogens is 366 g/mol. The number of amides is 1. The Balaban J connectivity index is 2.15. The number of carbonyl (C=O) groups is 1. The van der Waals surface area contributed by atoms with Crippen molar-refractivity contribution >= 4 is 29.1 Å². The first-order chi connectivity index (χ1) is 12.8. The molecule has 1 aromatic carbocycles. The van der Waals surface area contributed by atoms with E-state index >= 15 is 0 Å². The van der Waals surface area contributed by atoms with Crippen LogP contribution in [0.25, 0.3) is 0 Å². The van der Waals surface area contributed by atoms with E-state index in [2.05, 4.69) is 25.5 Å². The van der Waals surface area contributed by atoms with Gasteiger partial charge >= 0.3 is 0 Å². The van der Waals surface area contributed by atoms with Gasteiger partial charge in [-0.25, -0.2) is 9.97 Å². The molecule has 0 aliphatic heterocycles. The van der Waals surface area contributed by atoms with Gasteiger partial charge < -0.3 is 20.3 Å². The van der Waals surface area contributed by atoms with E-state index in [-0.39, 0.29) is 5.91 Å². The Kier molecular flexibility index (Phi) is 7.38. The highest BCUT2D eigenvalue weighted by molar-refractivity contribution is 6.31. The van der Waals surface area contributed by atoms with Gasteiger partial charge in [0.15, 0.2) is 0 Å². The first-order valence-electron chi connectivity index (χ1n) is 8.70. The summed E-state index contributed by atoms with van der Waals surface area (Å²) in [5.41, 5.74) is 2.59. The Hall–Kier alpha value is -2.38. The number of rotatable bonds is 8. The Labute approximate surface area is 165 Å². The number of nitrogens with one attached hydrogen (secondary N) is 2. The monoisotopic (exact) mass is 391 g/mol. The van der Waals surface area contributed by atoms with Crippen LogP contribution in [0.5, 0.6) is 5.75 Å². The van der Waals surface area contributed by atoms with E-state index in [4.69, 9.17) is 16.3 Å². The number of aromatic nitrogens is 2. The van der Waals surface area contributed by atoms with Crippen molar-refractivity contribution < 1.29 is 9.53 Å². The van der Waals surface area contributed by atoms with Crippen LogP contribution in [0.2, 0.25) is 5.02 Å². The standard InChI is InChI=1S/C19H26ClN5O2/c1-12-9-15(17(27-5)11-14(12)20)23-19-22-13(2)10-16(24-19)18(26)21-7-6-8-25(3)4/h9-11H,6-8H2,1-5H3,(H,21,26)(H,22,23,24). The first kappa shape index (κ1) is 20.9. The molecule has 0 fully saturated rings. The lowest BCUT2D eigenvalue weighted by Crippen LogP contribution is -2.28. The molecular formula is C19H26ClN5O2. The van der Waals surface area contributed by atoms with Crippen molar-refractivity contribution in [1.29, 1.82) is 0 Å². The molecule has 0 bridgehead atoms. The van der Waals surface area contributed by atoms with Gasteiger partial charge in [-0.05, 0) is 58.6 Å². The number of halogens is 1. The van der Waals surface area contributed by atoms with E-state index in [1.54, 1.807) is 19.2 Å². The fraction of sp³-hybridized carbons (Fsp3) is 0.421. The van der Waals surface area contributed by atoms with Gasteiger partial charge in [0.05, 0.1) is 12.8 Å². The molecule has 146 valence electrons. The molecule has 1 amide bonds. The SMILES string of the molecule is COc1cc(Cl)c(C)cc1Nc1nc(C)cc(C(=O)NCCCN(C)C)n1. The maximum absolute atomic E-state index is 12.4. The highest BCUT2D eigenvalue weighted by atomic mass is 35.5. The van der Waals surface area contributed by atoms with Crippen LogP contribution in [-0.4, -0.2) is 55.1 Å². The number of aryl methyl sites for hydroxylation is 2. The first-order valence-corrected chi connectivity index (χ1v) is 9.07. The molecule has 2 N–H and O–H groups in total. The summed E-state index contributed by atoms with van der Waals surface area (Å²) in [4.78, 5) is 23.2. The molecule has 0 unspecified atom stereocenters. The molecule has 1 aromatic heterocycles. The lowest BCUT2D eigenvalue weighted by molar-refractivity contribution is 0.0947. The van der Waals surface area contributed by atoms with Gasteiger partial charge in [0.25, 0.3) is 5.91 Å². The zero-order valence-electron chi connectivity index (χ0n) is 16.4. The Morgan fingerprint density at radius 2 is 1.96 bits per heavy atom. The minimum Gasteiger partial charge on any atom is -0.495 e. The second-order valence-corrected chi connectivity index (χ2v) is 6.96. The number of nitrogens with zero attached hydrogens (tertiary/aromatic N) is 3. The average molecular weight is 392 g/mol. The molecule has 8 heteroatoms. The van der Waals surface area contributed by atoms with Crippen LogP contribution in [0.4, 0.5) is 11.6 Å². The second-order valence-electron chi connectivity index (χ2n) is 6.56. The maximum Gasteiger partial charge on any atom is 0.270 e. The van der Waals surface area contributed by atoms with Crippen molar-refractivity contribution in [1.82, 2.24) is 20.2 Å². The van der Waals surface area contributed by atoms with Gasteiger partial charge in [0.1, 0.15) is 11.4 Å². The van der Waals surface area contributed by atoms with Gasteiger partial charge in [-0.1, -0.05) is 11.6 Å².